The molecule has 0 amide bonds. The van der Waals surface area contributed by atoms with Crippen molar-refractivity contribution < 1.29 is 28.4 Å². The molecule has 2 fully saturated rings. The van der Waals surface area contributed by atoms with E-state index in [0.717, 1.165) is 47.0 Å². The summed E-state index contributed by atoms with van der Waals surface area (Å²) in [5.41, 5.74) is 4.56. The maximum absolute atomic E-state index is 5.82. The van der Waals surface area contributed by atoms with Gasteiger partial charge in [0.05, 0.1) is 26.4 Å². The first-order chi connectivity index (χ1) is 16.6. The van der Waals surface area contributed by atoms with Crippen LogP contribution in [-0.4, -0.2) is 51.2 Å². The molecule has 0 bridgehead atoms. The van der Waals surface area contributed by atoms with Gasteiger partial charge in [0, 0.05) is 0 Å². The van der Waals surface area contributed by atoms with Crippen LogP contribution in [0, 0.1) is 0 Å². The quantitative estimate of drug-likeness (QED) is 0.269. The summed E-state index contributed by atoms with van der Waals surface area (Å²) in [6.45, 7) is 6.51. The molecule has 4 atom stereocenters. The van der Waals surface area contributed by atoms with E-state index in [2.05, 4.69) is 48.5 Å². The van der Waals surface area contributed by atoms with Crippen LogP contribution < -0.4 is 9.47 Å². The van der Waals surface area contributed by atoms with Gasteiger partial charge in [-0.05, 0) is 60.4 Å². The molecular formula is C28H30O6. The van der Waals surface area contributed by atoms with Gasteiger partial charge in [-0.3, -0.25) is 0 Å². The van der Waals surface area contributed by atoms with Crippen LogP contribution in [0.2, 0.25) is 0 Å². The minimum Gasteiger partial charge on any atom is -0.465 e. The normalized spacial score (nSPS) is 20.4. The predicted octanol–water partition coefficient (Wildman–Crippen LogP) is 5.30. The molecule has 4 unspecified atom stereocenters. The Morgan fingerprint density at radius 1 is 0.588 bits per heavy atom. The van der Waals surface area contributed by atoms with E-state index in [0.29, 0.717) is 13.2 Å². The molecule has 2 aliphatic heterocycles. The molecule has 0 saturated carbocycles. The lowest BCUT2D eigenvalue weighted by atomic mass is 10.0. The molecule has 2 aliphatic rings. The van der Waals surface area contributed by atoms with Gasteiger partial charge in [0.25, 0.3) is 0 Å². The molecule has 0 aliphatic carbocycles. The van der Waals surface area contributed by atoms with Gasteiger partial charge in [-0.25, -0.2) is 0 Å². The van der Waals surface area contributed by atoms with Gasteiger partial charge in [0.1, 0.15) is 23.7 Å². The third-order valence-electron chi connectivity index (χ3n) is 5.70. The average molecular weight is 463 g/mol. The van der Waals surface area contributed by atoms with Crippen molar-refractivity contribution in [2.45, 2.75) is 38.6 Å². The van der Waals surface area contributed by atoms with E-state index in [-0.39, 0.29) is 24.8 Å². The van der Waals surface area contributed by atoms with E-state index in [1.807, 2.05) is 38.1 Å². The molecule has 3 aromatic carbocycles. The van der Waals surface area contributed by atoms with Crippen molar-refractivity contribution in [2.75, 3.05) is 26.4 Å². The fourth-order valence-corrected chi connectivity index (χ4v) is 3.57. The summed E-state index contributed by atoms with van der Waals surface area (Å²) >= 11 is 0. The Hall–Kier alpha value is -2.90. The van der Waals surface area contributed by atoms with Crippen LogP contribution in [0.25, 0.3) is 22.3 Å². The molecule has 5 rings (SSSR count). The van der Waals surface area contributed by atoms with Crippen molar-refractivity contribution in [3.8, 4) is 33.8 Å². The Bertz CT molecular complexity index is 953. The van der Waals surface area contributed by atoms with Crippen LogP contribution in [-0.2, 0) is 18.9 Å². The van der Waals surface area contributed by atoms with Gasteiger partial charge in [0.2, 0.25) is 0 Å². The van der Waals surface area contributed by atoms with Crippen molar-refractivity contribution >= 4 is 0 Å². The van der Waals surface area contributed by atoms with Crippen LogP contribution >= 0.6 is 0 Å². The summed E-state index contributed by atoms with van der Waals surface area (Å²) in [5, 5.41) is 0. The predicted molar refractivity (Wildman–Crippen MR) is 129 cm³/mol. The van der Waals surface area contributed by atoms with Crippen LogP contribution in [0.15, 0.2) is 72.8 Å². The number of rotatable bonds is 12. The van der Waals surface area contributed by atoms with Crippen LogP contribution in [0.3, 0.4) is 0 Å². The number of benzene rings is 3. The molecule has 34 heavy (non-hydrogen) atoms. The summed E-state index contributed by atoms with van der Waals surface area (Å²) < 4.78 is 33.2. The highest BCUT2D eigenvalue weighted by molar-refractivity contribution is 5.71. The third-order valence-corrected chi connectivity index (χ3v) is 5.70. The highest BCUT2D eigenvalue weighted by Crippen LogP contribution is 2.28. The monoisotopic (exact) mass is 462 g/mol. The fourth-order valence-electron chi connectivity index (χ4n) is 3.57. The second-order valence-corrected chi connectivity index (χ2v) is 8.57. The van der Waals surface area contributed by atoms with E-state index < -0.39 is 0 Å². The number of epoxide rings is 2. The SMILES string of the molecule is CC(OCC1CO1)Oc1ccc(-c2ccc(-c3ccc(OC(C)OCC4CO4)cc3)cc2)cc1. The summed E-state index contributed by atoms with van der Waals surface area (Å²) in [4.78, 5) is 0. The lowest BCUT2D eigenvalue weighted by molar-refractivity contribution is -0.0711. The Balaban J connectivity index is 1.14. The standard InChI is InChI=1S/C28H30O6/c1-19(29-15-27-17-31-27)33-25-11-7-23(8-12-25)21-3-5-22(6-4-21)24-9-13-26(14-10-24)34-20(2)30-16-28-18-32-28/h3-14,19-20,27-28H,15-18H2,1-2H3. The minimum atomic E-state index is -0.306. The Morgan fingerprint density at radius 2 is 0.882 bits per heavy atom. The first-order valence-corrected chi connectivity index (χ1v) is 11.7. The number of hydrogen-bond donors (Lipinski definition) is 0. The van der Waals surface area contributed by atoms with Crippen molar-refractivity contribution in [1.29, 1.82) is 0 Å². The van der Waals surface area contributed by atoms with Crippen LogP contribution in [0.4, 0.5) is 0 Å². The van der Waals surface area contributed by atoms with Gasteiger partial charge in [-0.1, -0.05) is 48.5 Å². The first kappa shape index (κ1) is 22.9. The molecule has 0 aromatic heterocycles. The van der Waals surface area contributed by atoms with Crippen molar-refractivity contribution in [1.82, 2.24) is 0 Å². The Labute approximate surface area is 200 Å². The highest BCUT2D eigenvalue weighted by atomic mass is 16.7. The third kappa shape index (κ3) is 6.58. The Kier molecular flexibility index (Phi) is 7.11. The average Bonchev–Trinajstić information content (AvgIpc) is 3.78. The van der Waals surface area contributed by atoms with Gasteiger partial charge in [-0.2, -0.15) is 0 Å². The van der Waals surface area contributed by atoms with Crippen molar-refractivity contribution in [3.05, 3.63) is 72.8 Å². The number of hydrogen-bond acceptors (Lipinski definition) is 6. The maximum Gasteiger partial charge on any atom is 0.197 e. The minimum absolute atomic E-state index is 0.235. The zero-order chi connectivity index (χ0) is 23.3. The molecule has 178 valence electrons. The van der Waals surface area contributed by atoms with Gasteiger partial charge < -0.3 is 28.4 Å². The smallest absolute Gasteiger partial charge is 0.197 e. The topological polar surface area (TPSA) is 62.0 Å². The molecule has 0 spiro atoms. The second-order valence-electron chi connectivity index (χ2n) is 8.57. The molecule has 2 saturated heterocycles. The summed E-state index contributed by atoms with van der Waals surface area (Å²) in [5.74, 6) is 1.57. The summed E-state index contributed by atoms with van der Waals surface area (Å²) in [7, 11) is 0. The van der Waals surface area contributed by atoms with E-state index in [1.54, 1.807) is 0 Å². The fraction of sp³-hybridized carbons (Fsp3) is 0.357. The van der Waals surface area contributed by atoms with Crippen molar-refractivity contribution in [2.24, 2.45) is 0 Å². The zero-order valence-corrected chi connectivity index (χ0v) is 19.5. The zero-order valence-electron chi connectivity index (χ0n) is 19.5. The van der Waals surface area contributed by atoms with Gasteiger partial charge in [-0.15, -0.1) is 0 Å². The molecule has 6 nitrogen and oxygen atoms in total. The van der Waals surface area contributed by atoms with Crippen molar-refractivity contribution in [3.63, 3.8) is 0 Å². The van der Waals surface area contributed by atoms with E-state index in [1.165, 1.54) is 0 Å². The summed E-state index contributed by atoms with van der Waals surface area (Å²) in [6.07, 6.45) is -0.143. The van der Waals surface area contributed by atoms with Gasteiger partial charge >= 0.3 is 0 Å². The highest BCUT2D eigenvalue weighted by Gasteiger charge is 2.24. The molecule has 0 radical (unpaired) electrons. The molecular weight excluding hydrogens is 432 g/mol. The summed E-state index contributed by atoms with van der Waals surface area (Å²) in [6, 6.07) is 24.7. The van der Waals surface area contributed by atoms with E-state index in [4.69, 9.17) is 28.4 Å². The van der Waals surface area contributed by atoms with E-state index in [9.17, 15) is 0 Å². The van der Waals surface area contributed by atoms with Gasteiger partial charge in [0.15, 0.2) is 12.6 Å². The molecule has 0 N–H and O–H groups in total. The number of ether oxygens (including phenoxy) is 6. The maximum atomic E-state index is 5.82. The molecule has 3 aromatic rings. The van der Waals surface area contributed by atoms with E-state index >= 15 is 0 Å². The first-order valence-electron chi connectivity index (χ1n) is 11.7. The lowest BCUT2D eigenvalue weighted by Crippen LogP contribution is -2.18. The van der Waals surface area contributed by atoms with Crippen LogP contribution in [0.5, 0.6) is 11.5 Å². The Morgan fingerprint density at radius 3 is 1.18 bits per heavy atom. The second kappa shape index (κ2) is 10.6. The van der Waals surface area contributed by atoms with Crippen LogP contribution in [0.1, 0.15) is 13.8 Å². The molecule has 2 heterocycles. The largest absolute Gasteiger partial charge is 0.465 e. The molecule has 6 heteroatoms. The lowest BCUT2D eigenvalue weighted by Gasteiger charge is -2.15.